The number of hydrogen-bond donors (Lipinski definition) is 0. The Kier molecular flexibility index (Phi) is 4.82. The minimum atomic E-state index is 0.642. The van der Waals surface area contributed by atoms with E-state index >= 15 is 0 Å². The van der Waals surface area contributed by atoms with Crippen molar-refractivity contribution in [3.63, 3.8) is 0 Å². The van der Waals surface area contributed by atoms with Gasteiger partial charge in [0.2, 0.25) is 0 Å². The normalized spacial score (nSPS) is 9.87. The van der Waals surface area contributed by atoms with Gasteiger partial charge in [0.1, 0.15) is 0 Å². The lowest BCUT2D eigenvalue weighted by atomic mass is 10.1. The molecule has 1 aromatic heterocycles. The van der Waals surface area contributed by atoms with Crippen molar-refractivity contribution in [3.05, 3.63) is 53.9 Å². The van der Waals surface area contributed by atoms with Gasteiger partial charge in [-0.2, -0.15) is 0 Å². The van der Waals surface area contributed by atoms with Crippen molar-refractivity contribution >= 4 is 0 Å². The molecule has 0 unspecified atom stereocenters. The molecule has 0 saturated carbocycles. The first-order chi connectivity index (χ1) is 7.18. The van der Waals surface area contributed by atoms with E-state index in [1.54, 1.807) is 0 Å². The summed E-state index contributed by atoms with van der Waals surface area (Å²) in [7, 11) is 0. The molecule has 0 N–H and O–H groups in total. The van der Waals surface area contributed by atoms with Crippen LogP contribution in [0.2, 0.25) is 0 Å². The van der Waals surface area contributed by atoms with Crippen LogP contribution in [-0.4, -0.2) is 4.98 Å². The fourth-order valence-corrected chi connectivity index (χ4v) is 1.39. The summed E-state index contributed by atoms with van der Waals surface area (Å²) < 4.78 is 0. The minimum Gasteiger partial charge on any atom is -0.258 e. The standard InChI is InChI=1S/C14H19N/c1-12(2)11-14-10-8-6-4-5-7-9-13(3)15-14/h4-10,12H,11H2,1-3H3. The van der Waals surface area contributed by atoms with E-state index in [2.05, 4.69) is 24.9 Å². The van der Waals surface area contributed by atoms with Gasteiger partial charge in [0.25, 0.3) is 0 Å². The molecule has 1 rings (SSSR count). The molecule has 0 spiro atoms. The van der Waals surface area contributed by atoms with Crippen molar-refractivity contribution in [2.45, 2.75) is 27.2 Å². The largest absolute Gasteiger partial charge is 0.258 e. The van der Waals surface area contributed by atoms with Gasteiger partial charge in [0.15, 0.2) is 0 Å². The molecule has 0 aromatic carbocycles. The van der Waals surface area contributed by atoms with E-state index < -0.39 is 0 Å². The molecule has 0 aliphatic carbocycles. The zero-order valence-electron chi connectivity index (χ0n) is 9.77. The molecule has 1 aromatic rings. The van der Waals surface area contributed by atoms with Gasteiger partial charge in [-0.15, -0.1) is 0 Å². The third kappa shape index (κ3) is 5.16. The van der Waals surface area contributed by atoms with Crippen LogP contribution >= 0.6 is 0 Å². The van der Waals surface area contributed by atoms with Crippen molar-refractivity contribution in [2.24, 2.45) is 5.92 Å². The maximum Gasteiger partial charge on any atom is 0.0409 e. The third-order valence-corrected chi connectivity index (χ3v) is 2.01. The second-order valence-electron chi connectivity index (χ2n) is 4.14. The first-order valence-corrected chi connectivity index (χ1v) is 5.44. The third-order valence-electron chi connectivity index (χ3n) is 2.01. The van der Waals surface area contributed by atoms with Crippen LogP contribution in [0, 0.1) is 12.8 Å². The zero-order chi connectivity index (χ0) is 11.1. The summed E-state index contributed by atoms with van der Waals surface area (Å²) in [6.07, 6.45) is 1.03. The Bertz CT molecular complexity index is 354. The van der Waals surface area contributed by atoms with Crippen molar-refractivity contribution in [1.29, 1.82) is 0 Å². The first kappa shape index (κ1) is 11.7. The molecule has 0 fully saturated rings. The van der Waals surface area contributed by atoms with Crippen LogP contribution in [0.25, 0.3) is 0 Å². The summed E-state index contributed by atoms with van der Waals surface area (Å²) in [5, 5.41) is 0. The van der Waals surface area contributed by atoms with Gasteiger partial charge in [0.05, 0.1) is 0 Å². The Labute approximate surface area is 92.5 Å². The van der Waals surface area contributed by atoms with Crippen LogP contribution in [0.1, 0.15) is 25.2 Å². The molecular weight excluding hydrogens is 182 g/mol. The average Bonchev–Trinajstić information content (AvgIpc) is 2.15. The van der Waals surface area contributed by atoms with Gasteiger partial charge in [0, 0.05) is 11.4 Å². The second-order valence-corrected chi connectivity index (χ2v) is 4.14. The number of aryl methyl sites for hydroxylation is 1. The Morgan fingerprint density at radius 1 is 1.00 bits per heavy atom. The van der Waals surface area contributed by atoms with E-state index in [0.29, 0.717) is 5.92 Å². The fraction of sp³-hybridized carbons (Fsp3) is 0.357. The molecule has 0 aliphatic heterocycles. The van der Waals surface area contributed by atoms with Gasteiger partial charge in [-0.05, 0) is 31.4 Å². The molecule has 15 heavy (non-hydrogen) atoms. The summed E-state index contributed by atoms with van der Waals surface area (Å²) in [5.74, 6) is 0.642. The predicted octanol–water partition coefficient (Wildman–Crippen LogP) is 3.71. The molecule has 0 radical (unpaired) electrons. The molecule has 0 amide bonds. The van der Waals surface area contributed by atoms with Gasteiger partial charge in [-0.25, -0.2) is 0 Å². The SMILES string of the molecule is Cc1cccccccc(CC(C)C)n1. The van der Waals surface area contributed by atoms with Crippen molar-refractivity contribution in [3.8, 4) is 0 Å². The van der Waals surface area contributed by atoms with Crippen LogP contribution in [-0.2, 0) is 6.42 Å². The Hall–Kier alpha value is -1.37. The van der Waals surface area contributed by atoms with E-state index in [-0.39, 0.29) is 0 Å². The Morgan fingerprint density at radius 2 is 1.60 bits per heavy atom. The van der Waals surface area contributed by atoms with Crippen LogP contribution < -0.4 is 0 Å². The molecule has 0 atom stereocenters. The van der Waals surface area contributed by atoms with E-state index in [9.17, 15) is 0 Å². The Balaban J connectivity index is 3.10. The topological polar surface area (TPSA) is 12.9 Å². The minimum absolute atomic E-state index is 0.642. The maximum atomic E-state index is 4.58. The maximum absolute atomic E-state index is 4.58. The summed E-state index contributed by atoms with van der Waals surface area (Å²) in [6.45, 7) is 6.46. The summed E-state index contributed by atoms with van der Waals surface area (Å²) >= 11 is 0. The summed E-state index contributed by atoms with van der Waals surface area (Å²) in [6, 6.07) is 14.2. The number of hydrogen-bond acceptors (Lipinski definition) is 1. The molecule has 0 aliphatic rings. The van der Waals surface area contributed by atoms with E-state index in [1.807, 2.05) is 43.3 Å². The van der Waals surface area contributed by atoms with Gasteiger partial charge >= 0.3 is 0 Å². The monoisotopic (exact) mass is 201 g/mol. The van der Waals surface area contributed by atoms with Crippen molar-refractivity contribution in [2.75, 3.05) is 0 Å². The summed E-state index contributed by atoms with van der Waals surface area (Å²) in [5.41, 5.74) is 2.21. The molecule has 1 nitrogen and oxygen atoms in total. The lowest BCUT2D eigenvalue weighted by Crippen LogP contribution is -1.96. The predicted molar refractivity (Wildman–Crippen MR) is 65.1 cm³/mol. The van der Waals surface area contributed by atoms with Crippen LogP contribution in [0.4, 0.5) is 0 Å². The van der Waals surface area contributed by atoms with Gasteiger partial charge in [-0.3, -0.25) is 4.98 Å². The molecular formula is C14H19N. The van der Waals surface area contributed by atoms with E-state index in [0.717, 1.165) is 17.8 Å². The van der Waals surface area contributed by atoms with Crippen molar-refractivity contribution in [1.82, 2.24) is 4.98 Å². The molecule has 0 bridgehead atoms. The highest BCUT2D eigenvalue weighted by Gasteiger charge is 1.96. The smallest absolute Gasteiger partial charge is 0.0409 e. The first-order valence-electron chi connectivity index (χ1n) is 5.44. The lowest BCUT2D eigenvalue weighted by Gasteiger charge is -2.02. The molecule has 1 heteroatoms. The quantitative estimate of drug-likeness (QED) is 0.710. The van der Waals surface area contributed by atoms with E-state index in [1.165, 1.54) is 0 Å². The van der Waals surface area contributed by atoms with Crippen LogP contribution in [0.3, 0.4) is 0 Å². The average molecular weight is 201 g/mol. The second kappa shape index (κ2) is 6.18. The molecule has 80 valence electrons. The Morgan fingerprint density at radius 3 is 2.27 bits per heavy atom. The highest BCUT2D eigenvalue weighted by molar-refractivity contribution is 5.07. The van der Waals surface area contributed by atoms with Gasteiger partial charge in [-0.1, -0.05) is 44.2 Å². The van der Waals surface area contributed by atoms with Crippen LogP contribution in [0.15, 0.2) is 42.5 Å². The highest BCUT2D eigenvalue weighted by Crippen LogP contribution is 2.03. The zero-order valence-corrected chi connectivity index (χ0v) is 9.77. The number of nitrogens with zero attached hydrogens (tertiary/aromatic N) is 1. The molecule has 0 saturated heterocycles. The number of rotatable bonds is 2. The molecule has 1 heterocycles. The summed E-state index contributed by atoms with van der Waals surface area (Å²) in [4.78, 5) is 4.58. The van der Waals surface area contributed by atoms with Crippen LogP contribution in [0.5, 0.6) is 0 Å². The number of aromatic nitrogens is 1. The van der Waals surface area contributed by atoms with Crippen molar-refractivity contribution < 1.29 is 0 Å². The lowest BCUT2D eigenvalue weighted by molar-refractivity contribution is 0.635. The highest BCUT2D eigenvalue weighted by atomic mass is 14.7. The van der Waals surface area contributed by atoms with Gasteiger partial charge < -0.3 is 0 Å². The van der Waals surface area contributed by atoms with E-state index in [4.69, 9.17) is 0 Å². The fourth-order valence-electron chi connectivity index (χ4n) is 1.39.